The van der Waals surface area contributed by atoms with Gasteiger partial charge in [0.1, 0.15) is 0 Å². The molecule has 1 aliphatic carbocycles. The molecular weight excluding hydrogens is 146 g/mol. The van der Waals surface area contributed by atoms with E-state index in [-0.39, 0.29) is 0 Å². The van der Waals surface area contributed by atoms with Crippen LogP contribution in [0.15, 0.2) is 12.2 Å². The summed E-state index contributed by atoms with van der Waals surface area (Å²) in [5.41, 5.74) is 0. The zero-order chi connectivity index (χ0) is 8.65. The molecule has 0 bridgehead atoms. The Kier molecular flexibility index (Phi) is 4.93. The molecule has 0 saturated carbocycles. The number of allylic oxidation sites excluding steroid dienone is 2. The van der Waals surface area contributed by atoms with Crippen molar-refractivity contribution in [2.24, 2.45) is 5.92 Å². The van der Waals surface area contributed by atoms with Gasteiger partial charge in [0.25, 0.3) is 0 Å². The monoisotopic (exact) mass is 165 g/mol. The number of hydrogen-bond donors (Lipinski definition) is 1. The summed E-state index contributed by atoms with van der Waals surface area (Å²) in [5, 5.41) is 3.45. The largest absolute Gasteiger partial charge is 0.312 e. The van der Waals surface area contributed by atoms with E-state index < -0.39 is 0 Å². The van der Waals surface area contributed by atoms with Gasteiger partial charge in [-0.25, -0.2) is 0 Å². The van der Waals surface area contributed by atoms with Gasteiger partial charge >= 0.3 is 0 Å². The zero-order valence-electron chi connectivity index (χ0n) is 7.76. The van der Waals surface area contributed by atoms with Gasteiger partial charge in [0, 0.05) is 6.54 Å². The number of nitrogens with one attached hydrogen (secondary N) is 1. The van der Waals surface area contributed by atoms with Crippen molar-refractivity contribution in [1.29, 1.82) is 0 Å². The summed E-state index contributed by atoms with van der Waals surface area (Å²) in [6, 6.07) is 0. The summed E-state index contributed by atoms with van der Waals surface area (Å²) in [6.45, 7) is 5.96. The third kappa shape index (κ3) is 3.82. The van der Waals surface area contributed by atoms with Crippen LogP contribution in [0.5, 0.6) is 0 Å². The number of unbranched alkanes of at least 4 members (excludes halogenated alkanes) is 1. The molecule has 0 aromatic carbocycles. The second-order valence-electron chi connectivity index (χ2n) is 3.43. The first-order valence-electron chi connectivity index (χ1n) is 4.90. The van der Waals surface area contributed by atoms with Gasteiger partial charge in [0.2, 0.25) is 0 Å². The molecule has 68 valence electrons. The molecule has 0 aromatic heterocycles. The lowest BCUT2D eigenvalue weighted by Crippen LogP contribution is -2.24. The molecule has 1 nitrogen and oxygen atoms in total. The molecule has 0 aromatic rings. The van der Waals surface area contributed by atoms with Crippen LogP contribution in [0.25, 0.3) is 0 Å². The van der Waals surface area contributed by atoms with Crippen molar-refractivity contribution in [3.63, 3.8) is 0 Å². The molecule has 0 fully saturated rings. The van der Waals surface area contributed by atoms with Crippen molar-refractivity contribution in [3.05, 3.63) is 25.5 Å². The summed E-state index contributed by atoms with van der Waals surface area (Å²) in [4.78, 5) is 0. The minimum atomic E-state index is 0.875. The lowest BCUT2D eigenvalue weighted by atomic mass is 9.94. The maximum Gasteiger partial charge on any atom is 0.0694 e. The van der Waals surface area contributed by atoms with Crippen LogP contribution in [-0.4, -0.2) is 13.1 Å². The van der Waals surface area contributed by atoms with Crippen molar-refractivity contribution in [2.75, 3.05) is 13.1 Å². The topological polar surface area (TPSA) is 12.0 Å². The van der Waals surface area contributed by atoms with Crippen molar-refractivity contribution in [1.82, 2.24) is 5.32 Å². The van der Waals surface area contributed by atoms with Gasteiger partial charge in [-0.1, -0.05) is 18.6 Å². The first-order valence-corrected chi connectivity index (χ1v) is 4.90. The van der Waals surface area contributed by atoms with Crippen molar-refractivity contribution < 1.29 is 0 Å². The Morgan fingerprint density at radius 3 is 3.08 bits per heavy atom. The van der Waals surface area contributed by atoms with Crippen LogP contribution in [0.4, 0.5) is 0 Å². The van der Waals surface area contributed by atoms with Gasteiger partial charge in [0.15, 0.2) is 0 Å². The fraction of sp³-hybridized carbons (Fsp3) is 0.636. The smallest absolute Gasteiger partial charge is 0.0694 e. The van der Waals surface area contributed by atoms with Crippen LogP contribution in [0.2, 0.25) is 0 Å². The second-order valence-corrected chi connectivity index (χ2v) is 3.43. The first kappa shape index (κ1) is 9.66. The summed E-state index contributed by atoms with van der Waals surface area (Å²) >= 11 is 0. The normalized spacial score (nSPS) is 22.6. The van der Waals surface area contributed by atoms with Crippen LogP contribution in [0.1, 0.15) is 25.7 Å². The zero-order valence-corrected chi connectivity index (χ0v) is 7.76. The predicted molar refractivity (Wildman–Crippen MR) is 53.6 cm³/mol. The third-order valence-electron chi connectivity index (χ3n) is 2.34. The highest BCUT2D eigenvalue weighted by Crippen LogP contribution is 2.16. The Balaban J connectivity index is 1.95. The van der Waals surface area contributed by atoms with Gasteiger partial charge in [-0.15, -0.1) is 6.92 Å². The maximum absolute atomic E-state index is 3.69. The third-order valence-corrected chi connectivity index (χ3v) is 2.34. The average molecular weight is 165 g/mol. The first-order chi connectivity index (χ1) is 5.93. The molecular formula is C11H19N. The average Bonchev–Trinajstić information content (AvgIpc) is 2.14. The standard InChI is InChI=1S/C11H19N/c1-2-3-9-12-10-11-7-5-4-6-8-11/h2,4-5,11-12H,1,3,6-10H2. The van der Waals surface area contributed by atoms with Crippen LogP contribution in [-0.2, 0) is 0 Å². The lowest BCUT2D eigenvalue weighted by molar-refractivity contribution is 0.442. The predicted octanol–water partition coefficient (Wildman–Crippen LogP) is 2.36. The van der Waals surface area contributed by atoms with E-state index in [0.29, 0.717) is 0 Å². The van der Waals surface area contributed by atoms with E-state index in [2.05, 4.69) is 24.4 Å². The Morgan fingerprint density at radius 2 is 2.42 bits per heavy atom. The summed E-state index contributed by atoms with van der Waals surface area (Å²) < 4.78 is 0. The summed E-state index contributed by atoms with van der Waals surface area (Å²) in [6.07, 6.45) is 11.5. The molecule has 12 heavy (non-hydrogen) atoms. The van der Waals surface area contributed by atoms with E-state index in [1.54, 1.807) is 0 Å². The van der Waals surface area contributed by atoms with Gasteiger partial charge in [-0.3, -0.25) is 0 Å². The van der Waals surface area contributed by atoms with Gasteiger partial charge in [0.05, 0.1) is 6.42 Å². The van der Waals surface area contributed by atoms with E-state index in [4.69, 9.17) is 0 Å². The second kappa shape index (κ2) is 6.13. The van der Waals surface area contributed by atoms with E-state index in [9.17, 15) is 0 Å². The Morgan fingerprint density at radius 1 is 1.50 bits per heavy atom. The molecule has 1 rings (SSSR count). The highest BCUT2D eigenvalue weighted by molar-refractivity contribution is 4.90. The van der Waals surface area contributed by atoms with Crippen LogP contribution in [0, 0.1) is 19.3 Å². The van der Waals surface area contributed by atoms with Crippen LogP contribution < -0.4 is 5.32 Å². The maximum atomic E-state index is 3.69. The van der Waals surface area contributed by atoms with E-state index in [1.807, 2.05) is 6.42 Å². The van der Waals surface area contributed by atoms with Crippen LogP contribution >= 0.6 is 0 Å². The fourth-order valence-corrected chi connectivity index (χ4v) is 1.55. The minimum Gasteiger partial charge on any atom is -0.312 e. The molecule has 0 amide bonds. The highest BCUT2D eigenvalue weighted by Gasteiger charge is 2.08. The van der Waals surface area contributed by atoms with Gasteiger partial charge in [-0.05, 0) is 31.7 Å². The van der Waals surface area contributed by atoms with Crippen molar-refractivity contribution >= 4 is 0 Å². The van der Waals surface area contributed by atoms with E-state index in [0.717, 1.165) is 18.9 Å². The minimum absolute atomic E-state index is 0.875. The fourth-order valence-electron chi connectivity index (χ4n) is 1.55. The molecule has 1 N–H and O–H groups in total. The lowest BCUT2D eigenvalue weighted by Gasteiger charge is -2.17. The van der Waals surface area contributed by atoms with E-state index >= 15 is 0 Å². The molecule has 0 spiro atoms. The molecule has 0 radical (unpaired) electrons. The Hall–Kier alpha value is -0.430. The van der Waals surface area contributed by atoms with Gasteiger partial charge < -0.3 is 5.32 Å². The number of rotatable bonds is 5. The summed E-state index contributed by atoms with van der Waals surface area (Å²) in [7, 11) is 0. The van der Waals surface area contributed by atoms with E-state index in [1.165, 1.54) is 25.8 Å². The quantitative estimate of drug-likeness (QED) is 0.374. The summed E-state index contributed by atoms with van der Waals surface area (Å²) in [5.74, 6) is 0.875. The molecule has 0 saturated heterocycles. The van der Waals surface area contributed by atoms with Crippen LogP contribution in [0.3, 0.4) is 0 Å². The molecule has 1 atom stereocenters. The van der Waals surface area contributed by atoms with Gasteiger partial charge in [-0.2, -0.15) is 0 Å². The molecule has 0 aliphatic heterocycles. The number of hydrogen-bond acceptors (Lipinski definition) is 1. The van der Waals surface area contributed by atoms with Crippen molar-refractivity contribution in [3.8, 4) is 0 Å². The van der Waals surface area contributed by atoms with Crippen molar-refractivity contribution in [2.45, 2.75) is 25.7 Å². The molecule has 1 heteroatoms. The molecule has 1 aliphatic rings. The Bertz CT molecular complexity index is 129. The highest BCUT2D eigenvalue weighted by atomic mass is 14.8. The molecule has 0 heterocycles. The molecule has 1 unspecified atom stereocenters. The SMILES string of the molecule is [CH2-][CH+]CCNCC1CC=CCC1. The Labute approximate surface area is 76.2 Å².